The van der Waals surface area contributed by atoms with Gasteiger partial charge in [-0.3, -0.25) is 0 Å². The lowest BCUT2D eigenvalue weighted by atomic mass is 9.92. The van der Waals surface area contributed by atoms with E-state index in [0.717, 1.165) is 30.8 Å². The van der Waals surface area contributed by atoms with Gasteiger partial charge in [0.25, 0.3) is 5.88 Å². The molecule has 0 saturated carbocycles. The molecule has 0 fully saturated rings. The van der Waals surface area contributed by atoms with Crippen LogP contribution < -0.4 is 10.5 Å². The molecule has 1 aliphatic heterocycles. The molecule has 0 radical (unpaired) electrons. The maximum atomic E-state index is 5.93. The van der Waals surface area contributed by atoms with Crippen LogP contribution in [0.25, 0.3) is 11.3 Å². The predicted molar refractivity (Wildman–Crippen MR) is 97.0 cm³/mol. The Bertz CT molecular complexity index is 765. The van der Waals surface area contributed by atoms with Gasteiger partial charge in [-0.05, 0) is 70.0 Å². The Balaban J connectivity index is 2.02. The van der Waals surface area contributed by atoms with E-state index in [4.69, 9.17) is 10.5 Å². The quantitative estimate of drug-likeness (QED) is 0.918. The van der Waals surface area contributed by atoms with Crippen LogP contribution >= 0.6 is 0 Å². The van der Waals surface area contributed by atoms with E-state index in [9.17, 15) is 0 Å². The summed E-state index contributed by atoms with van der Waals surface area (Å²) in [5.41, 5.74) is 11.6. The molecule has 1 aromatic heterocycles. The molecule has 0 bridgehead atoms. The minimum Gasteiger partial charge on any atom is -0.469 e. The SMILES string of the molecule is Cc1cc(-c2cnc(N)c(OC(C)(C)C)n2)cc2c1CCN(C)C2. The summed E-state index contributed by atoms with van der Waals surface area (Å²) in [5.74, 6) is 0.718. The van der Waals surface area contributed by atoms with E-state index in [1.807, 2.05) is 20.8 Å². The fraction of sp³-hybridized carbons (Fsp3) is 0.474. The summed E-state index contributed by atoms with van der Waals surface area (Å²) in [6, 6.07) is 4.41. The van der Waals surface area contributed by atoms with Crippen LogP contribution in [0.1, 0.15) is 37.5 Å². The van der Waals surface area contributed by atoms with Crippen LogP contribution in [0.5, 0.6) is 5.88 Å². The van der Waals surface area contributed by atoms with Gasteiger partial charge >= 0.3 is 0 Å². The van der Waals surface area contributed by atoms with Crippen LogP contribution in [0.2, 0.25) is 0 Å². The Labute approximate surface area is 143 Å². The number of aromatic nitrogens is 2. The smallest absolute Gasteiger partial charge is 0.258 e. The summed E-state index contributed by atoms with van der Waals surface area (Å²) in [4.78, 5) is 11.2. The van der Waals surface area contributed by atoms with Gasteiger partial charge in [0.2, 0.25) is 0 Å². The highest BCUT2D eigenvalue weighted by atomic mass is 16.5. The summed E-state index contributed by atoms with van der Waals surface area (Å²) in [5, 5.41) is 0. The number of nitrogens with two attached hydrogens (primary N) is 1. The average Bonchev–Trinajstić information content (AvgIpc) is 2.47. The highest BCUT2D eigenvalue weighted by molar-refractivity contribution is 5.64. The van der Waals surface area contributed by atoms with Gasteiger partial charge in [0.05, 0.1) is 11.9 Å². The Morgan fingerprint density at radius 2 is 2.00 bits per heavy atom. The molecular formula is C19H26N4O. The first kappa shape index (κ1) is 16.7. The molecule has 0 aliphatic carbocycles. The molecule has 0 spiro atoms. The minimum absolute atomic E-state index is 0.322. The van der Waals surface area contributed by atoms with E-state index in [-0.39, 0.29) is 5.60 Å². The number of anilines is 1. The van der Waals surface area contributed by atoms with E-state index >= 15 is 0 Å². The van der Waals surface area contributed by atoms with E-state index in [2.05, 4.69) is 41.0 Å². The number of hydrogen-bond donors (Lipinski definition) is 1. The number of aryl methyl sites for hydroxylation is 1. The molecule has 5 nitrogen and oxygen atoms in total. The van der Waals surface area contributed by atoms with Gasteiger partial charge < -0.3 is 15.4 Å². The number of likely N-dealkylation sites (N-methyl/N-ethyl adjacent to an activating group) is 1. The fourth-order valence-electron chi connectivity index (χ4n) is 3.09. The molecule has 3 rings (SSSR count). The van der Waals surface area contributed by atoms with Gasteiger partial charge in [-0.25, -0.2) is 9.97 Å². The van der Waals surface area contributed by atoms with Gasteiger partial charge in [-0.2, -0.15) is 0 Å². The topological polar surface area (TPSA) is 64.3 Å². The molecular weight excluding hydrogens is 300 g/mol. The van der Waals surface area contributed by atoms with Crippen LogP contribution in [0.4, 0.5) is 5.82 Å². The van der Waals surface area contributed by atoms with Crippen molar-refractivity contribution in [2.45, 2.75) is 46.3 Å². The van der Waals surface area contributed by atoms with Crippen molar-refractivity contribution in [3.63, 3.8) is 0 Å². The molecule has 2 heterocycles. The normalized spacial score (nSPS) is 15.2. The molecule has 0 amide bonds. The summed E-state index contributed by atoms with van der Waals surface area (Å²) < 4.78 is 5.85. The summed E-state index contributed by atoms with van der Waals surface area (Å²) in [6.45, 7) is 10.2. The van der Waals surface area contributed by atoms with Crippen molar-refractivity contribution >= 4 is 5.82 Å². The standard InChI is InChI=1S/C19H26N4O/c1-12-8-13(9-14-11-23(5)7-6-15(12)14)16-10-21-17(20)18(22-16)24-19(2,3)4/h8-10H,6-7,11H2,1-5H3,(H2,20,21). The van der Waals surface area contributed by atoms with Gasteiger partial charge in [-0.1, -0.05) is 0 Å². The van der Waals surface area contributed by atoms with Gasteiger partial charge in [0, 0.05) is 18.7 Å². The number of benzene rings is 1. The third kappa shape index (κ3) is 3.51. The monoisotopic (exact) mass is 326 g/mol. The van der Waals surface area contributed by atoms with Gasteiger partial charge in [0.15, 0.2) is 5.82 Å². The lowest BCUT2D eigenvalue weighted by Crippen LogP contribution is -2.27. The molecule has 2 N–H and O–H groups in total. The average molecular weight is 326 g/mol. The highest BCUT2D eigenvalue weighted by Crippen LogP contribution is 2.30. The number of ether oxygens (including phenoxy) is 1. The van der Waals surface area contributed by atoms with Crippen LogP contribution in [0, 0.1) is 6.92 Å². The van der Waals surface area contributed by atoms with Crippen LogP contribution in [-0.4, -0.2) is 34.1 Å². The number of hydrogen-bond acceptors (Lipinski definition) is 5. The number of fused-ring (bicyclic) bond motifs is 1. The molecule has 1 aromatic carbocycles. The Kier molecular flexibility index (Phi) is 4.22. The highest BCUT2D eigenvalue weighted by Gasteiger charge is 2.19. The van der Waals surface area contributed by atoms with Crippen LogP contribution in [0.15, 0.2) is 18.3 Å². The van der Waals surface area contributed by atoms with E-state index < -0.39 is 0 Å². The maximum absolute atomic E-state index is 5.93. The first-order chi connectivity index (χ1) is 11.2. The molecule has 128 valence electrons. The second kappa shape index (κ2) is 6.06. The number of rotatable bonds is 2. The third-order valence-electron chi connectivity index (χ3n) is 4.21. The summed E-state index contributed by atoms with van der Waals surface area (Å²) in [6.07, 6.45) is 2.82. The third-order valence-corrected chi connectivity index (χ3v) is 4.21. The van der Waals surface area contributed by atoms with Crippen molar-refractivity contribution in [2.75, 3.05) is 19.3 Å². The molecule has 1 aliphatic rings. The van der Waals surface area contributed by atoms with E-state index in [1.54, 1.807) is 6.20 Å². The van der Waals surface area contributed by atoms with Crippen molar-refractivity contribution in [3.8, 4) is 17.1 Å². The van der Waals surface area contributed by atoms with Crippen molar-refractivity contribution < 1.29 is 4.74 Å². The van der Waals surface area contributed by atoms with Crippen molar-refractivity contribution in [1.82, 2.24) is 14.9 Å². The van der Waals surface area contributed by atoms with Crippen LogP contribution in [0.3, 0.4) is 0 Å². The van der Waals surface area contributed by atoms with Gasteiger partial charge in [-0.15, -0.1) is 0 Å². The lowest BCUT2D eigenvalue weighted by Gasteiger charge is -2.27. The zero-order valence-corrected chi connectivity index (χ0v) is 15.2. The largest absolute Gasteiger partial charge is 0.469 e. The minimum atomic E-state index is -0.365. The summed E-state index contributed by atoms with van der Waals surface area (Å²) >= 11 is 0. The second-order valence-electron chi connectivity index (χ2n) is 7.58. The molecule has 0 atom stereocenters. The Hall–Kier alpha value is -2.14. The Morgan fingerprint density at radius 3 is 2.71 bits per heavy atom. The zero-order chi connectivity index (χ0) is 17.5. The molecule has 0 unspecified atom stereocenters. The first-order valence-corrected chi connectivity index (χ1v) is 8.36. The second-order valence-corrected chi connectivity index (χ2v) is 7.58. The molecule has 5 heteroatoms. The van der Waals surface area contributed by atoms with Crippen LogP contribution in [-0.2, 0) is 13.0 Å². The van der Waals surface area contributed by atoms with Crippen molar-refractivity contribution in [3.05, 3.63) is 35.0 Å². The molecule has 2 aromatic rings. The number of nitrogen functional groups attached to an aromatic ring is 1. The summed E-state index contributed by atoms with van der Waals surface area (Å²) in [7, 11) is 2.16. The van der Waals surface area contributed by atoms with Crippen molar-refractivity contribution in [1.29, 1.82) is 0 Å². The number of nitrogens with zero attached hydrogens (tertiary/aromatic N) is 3. The predicted octanol–water partition coefficient (Wildman–Crippen LogP) is 3.20. The lowest BCUT2D eigenvalue weighted by molar-refractivity contribution is 0.125. The maximum Gasteiger partial charge on any atom is 0.258 e. The molecule has 24 heavy (non-hydrogen) atoms. The fourth-order valence-corrected chi connectivity index (χ4v) is 3.09. The van der Waals surface area contributed by atoms with Crippen molar-refractivity contribution in [2.24, 2.45) is 0 Å². The first-order valence-electron chi connectivity index (χ1n) is 8.36. The Morgan fingerprint density at radius 1 is 1.25 bits per heavy atom. The zero-order valence-electron chi connectivity index (χ0n) is 15.2. The van der Waals surface area contributed by atoms with Gasteiger partial charge in [0.1, 0.15) is 5.60 Å². The van der Waals surface area contributed by atoms with E-state index in [0.29, 0.717) is 11.7 Å². The molecule has 0 saturated heterocycles. The van der Waals surface area contributed by atoms with E-state index in [1.165, 1.54) is 16.7 Å².